The Kier molecular flexibility index (Phi) is 6.00. The molecule has 1 amide bonds. The van der Waals surface area contributed by atoms with E-state index in [1.165, 1.54) is 11.8 Å². The SMILES string of the molecule is CC(C)n1c(SCC(=O)NCc2ccc(Cl)cc2)nnc1-c1ccco1. The van der Waals surface area contributed by atoms with Gasteiger partial charge in [0.15, 0.2) is 10.9 Å². The normalized spacial score (nSPS) is 11.1. The van der Waals surface area contributed by atoms with Crippen molar-refractivity contribution in [1.29, 1.82) is 0 Å². The molecule has 0 spiro atoms. The topological polar surface area (TPSA) is 73.0 Å². The van der Waals surface area contributed by atoms with Crippen LogP contribution in [0.3, 0.4) is 0 Å². The van der Waals surface area contributed by atoms with E-state index in [-0.39, 0.29) is 17.7 Å². The molecule has 0 fully saturated rings. The maximum atomic E-state index is 12.1. The van der Waals surface area contributed by atoms with Gasteiger partial charge >= 0.3 is 0 Å². The lowest BCUT2D eigenvalue weighted by molar-refractivity contribution is -0.118. The Bertz CT molecular complexity index is 860. The summed E-state index contributed by atoms with van der Waals surface area (Å²) in [5, 5.41) is 12.7. The van der Waals surface area contributed by atoms with Crippen molar-refractivity contribution in [2.75, 3.05) is 5.75 Å². The van der Waals surface area contributed by atoms with Gasteiger partial charge in [0, 0.05) is 17.6 Å². The van der Waals surface area contributed by atoms with Crippen molar-refractivity contribution in [1.82, 2.24) is 20.1 Å². The highest BCUT2D eigenvalue weighted by molar-refractivity contribution is 7.99. The summed E-state index contributed by atoms with van der Waals surface area (Å²) in [6.45, 7) is 4.55. The molecule has 3 aromatic rings. The average molecular weight is 391 g/mol. The van der Waals surface area contributed by atoms with Crippen molar-refractivity contribution in [3.63, 3.8) is 0 Å². The van der Waals surface area contributed by atoms with Gasteiger partial charge in [-0.1, -0.05) is 35.5 Å². The minimum Gasteiger partial charge on any atom is -0.461 e. The number of benzene rings is 1. The highest BCUT2D eigenvalue weighted by Gasteiger charge is 2.19. The number of carbonyl (C=O) groups excluding carboxylic acids is 1. The smallest absolute Gasteiger partial charge is 0.230 e. The number of hydrogen-bond acceptors (Lipinski definition) is 5. The number of nitrogens with zero attached hydrogens (tertiary/aromatic N) is 3. The van der Waals surface area contributed by atoms with Gasteiger partial charge in [-0.15, -0.1) is 10.2 Å². The second-order valence-corrected chi connectivity index (χ2v) is 7.32. The van der Waals surface area contributed by atoms with Crippen LogP contribution in [-0.2, 0) is 11.3 Å². The number of nitrogens with one attached hydrogen (secondary N) is 1. The molecular formula is C18H19ClN4O2S. The highest BCUT2D eigenvalue weighted by atomic mass is 35.5. The van der Waals surface area contributed by atoms with Crippen molar-refractivity contribution in [2.45, 2.75) is 31.6 Å². The second kappa shape index (κ2) is 8.42. The molecule has 0 aliphatic rings. The molecule has 1 aromatic carbocycles. The van der Waals surface area contributed by atoms with Crippen LogP contribution < -0.4 is 5.32 Å². The number of halogens is 1. The van der Waals surface area contributed by atoms with Crippen molar-refractivity contribution in [2.24, 2.45) is 0 Å². The van der Waals surface area contributed by atoms with Gasteiger partial charge in [-0.2, -0.15) is 0 Å². The molecule has 3 rings (SSSR count). The summed E-state index contributed by atoms with van der Waals surface area (Å²) in [6.07, 6.45) is 1.60. The van der Waals surface area contributed by atoms with E-state index in [9.17, 15) is 4.79 Å². The number of hydrogen-bond donors (Lipinski definition) is 1. The summed E-state index contributed by atoms with van der Waals surface area (Å²) in [6, 6.07) is 11.2. The van der Waals surface area contributed by atoms with Gasteiger partial charge in [0.05, 0.1) is 12.0 Å². The predicted molar refractivity (Wildman–Crippen MR) is 102 cm³/mol. The third-order valence-corrected chi connectivity index (χ3v) is 4.85. The van der Waals surface area contributed by atoms with Gasteiger partial charge in [0.25, 0.3) is 0 Å². The predicted octanol–water partition coefficient (Wildman–Crippen LogP) is 4.18. The van der Waals surface area contributed by atoms with Gasteiger partial charge in [0.1, 0.15) is 0 Å². The fraction of sp³-hybridized carbons (Fsp3) is 0.278. The maximum absolute atomic E-state index is 12.1. The zero-order chi connectivity index (χ0) is 18.5. The number of furan rings is 1. The Balaban J connectivity index is 1.60. The van der Waals surface area contributed by atoms with E-state index in [1.807, 2.05) is 42.7 Å². The third-order valence-electron chi connectivity index (χ3n) is 3.66. The quantitative estimate of drug-likeness (QED) is 0.612. The summed E-state index contributed by atoms with van der Waals surface area (Å²) in [4.78, 5) is 12.1. The Morgan fingerprint density at radius 1 is 1.27 bits per heavy atom. The van der Waals surface area contributed by atoms with Gasteiger partial charge in [-0.3, -0.25) is 9.36 Å². The fourth-order valence-electron chi connectivity index (χ4n) is 2.40. The van der Waals surface area contributed by atoms with E-state index in [4.69, 9.17) is 16.0 Å². The first-order chi connectivity index (χ1) is 12.5. The number of aromatic nitrogens is 3. The van der Waals surface area contributed by atoms with Crippen LogP contribution >= 0.6 is 23.4 Å². The molecule has 0 saturated heterocycles. The first-order valence-corrected chi connectivity index (χ1v) is 9.53. The number of rotatable bonds is 7. The zero-order valence-corrected chi connectivity index (χ0v) is 16.0. The Morgan fingerprint density at radius 3 is 2.69 bits per heavy atom. The molecule has 0 aliphatic carbocycles. The zero-order valence-electron chi connectivity index (χ0n) is 14.5. The Hall–Kier alpha value is -2.25. The molecule has 2 heterocycles. The molecule has 0 atom stereocenters. The molecule has 0 radical (unpaired) electrons. The van der Waals surface area contributed by atoms with Crippen LogP contribution in [0.2, 0.25) is 5.02 Å². The van der Waals surface area contributed by atoms with Crippen LogP contribution in [0.25, 0.3) is 11.6 Å². The number of thioether (sulfide) groups is 1. The van der Waals surface area contributed by atoms with Gasteiger partial charge in [-0.05, 0) is 43.7 Å². The first-order valence-electron chi connectivity index (χ1n) is 8.17. The van der Waals surface area contributed by atoms with Crippen LogP contribution in [0, 0.1) is 0 Å². The third kappa shape index (κ3) is 4.47. The van der Waals surface area contributed by atoms with Crippen molar-refractivity contribution in [3.8, 4) is 11.6 Å². The van der Waals surface area contributed by atoms with E-state index in [2.05, 4.69) is 15.5 Å². The lowest BCUT2D eigenvalue weighted by Gasteiger charge is -2.12. The van der Waals surface area contributed by atoms with Crippen LogP contribution in [0.4, 0.5) is 0 Å². The van der Waals surface area contributed by atoms with Crippen LogP contribution in [0.1, 0.15) is 25.5 Å². The first kappa shape index (κ1) is 18.5. The maximum Gasteiger partial charge on any atom is 0.230 e. The number of carbonyl (C=O) groups is 1. The van der Waals surface area contributed by atoms with E-state index in [0.717, 1.165) is 5.56 Å². The highest BCUT2D eigenvalue weighted by Crippen LogP contribution is 2.27. The van der Waals surface area contributed by atoms with Crippen molar-refractivity contribution in [3.05, 3.63) is 53.2 Å². The summed E-state index contributed by atoms with van der Waals surface area (Å²) >= 11 is 7.21. The van der Waals surface area contributed by atoms with Crippen molar-refractivity contribution < 1.29 is 9.21 Å². The van der Waals surface area contributed by atoms with Crippen LogP contribution in [0.15, 0.2) is 52.2 Å². The van der Waals surface area contributed by atoms with Crippen molar-refractivity contribution >= 4 is 29.3 Å². The van der Waals surface area contributed by atoms with Crippen LogP contribution in [-0.4, -0.2) is 26.4 Å². The average Bonchev–Trinajstić information content (AvgIpc) is 3.28. The minimum absolute atomic E-state index is 0.0668. The van der Waals surface area contributed by atoms with E-state index in [0.29, 0.717) is 28.3 Å². The van der Waals surface area contributed by atoms with E-state index in [1.54, 1.807) is 18.4 Å². The molecule has 0 aliphatic heterocycles. The largest absolute Gasteiger partial charge is 0.461 e. The summed E-state index contributed by atoms with van der Waals surface area (Å²) in [5.41, 5.74) is 0.998. The van der Waals surface area contributed by atoms with Gasteiger partial charge in [-0.25, -0.2) is 0 Å². The standard InChI is InChI=1S/C18H19ClN4O2S/c1-12(2)23-17(15-4-3-9-25-15)21-22-18(23)26-11-16(24)20-10-13-5-7-14(19)8-6-13/h3-9,12H,10-11H2,1-2H3,(H,20,24). The molecule has 0 unspecified atom stereocenters. The molecule has 0 saturated carbocycles. The summed E-state index contributed by atoms with van der Waals surface area (Å²) < 4.78 is 7.39. The lowest BCUT2D eigenvalue weighted by Crippen LogP contribution is -2.24. The molecule has 136 valence electrons. The van der Waals surface area contributed by atoms with Gasteiger partial charge in [0.2, 0.25) is 11.7 Å². The number of amides is 1. The summed E-state index contributed by atoms with van der Waals surface area (Å²) in [5.74, 6) is 1.51. The minimum atomic E-state index is -0.0668. The summed E-state index contributed by atoms with van der Waals surface area (Å²) in [7, 11) is 0. The lowest BCUT2D eigenvalue weighted by atomic mass is 10.2. The molecule has 1 N–H and O–H groups in total. The molecule has 26 heavy (non-hydrogen) atoms. The molecular weight excluding hydrogens is 372 g/mol. The van der Waals surface area contributed by atoms with E-state index >= 15 is 0 Å². The molecule has 6 nitrogen and oxygen atoms in total. The van der Waals surface area contributed by atoms with E-state index < -0.39 is 0 Å². The monoisotopic (exact) mass is 390 g/mol. The molecule has 0 bridgehead atoms. The fourth-order valence-corrected chi connectivity index (χ4v) is 3.42. The Labute approximate surface area is 160 Å². The van der Waals surface area contributed by atoms with Crippen LogP contribution in [0.5, 0.6) is 0 Å². The Morgan fingerprint density at radius 2 is 2.04 bits per heavy atom. The molecule has 2 aromatic heterocycles. The molecule has 8 heteroatoms. The second-order valence-electron chi connectivity index (χ2n) is 5.94. The van der Waals surface area contributed by atoms with Gasteiger partial charge < -0.3 is 9.73 Å².